The minimum absolute atomic E-state index is 0. The number of anilines is 4. The number of nitrogens with zero attached hydrogens (tertiary/aromatic N) is 4. The number of hydrogen-bond donors (Lipinski definition) is 8. The van der Waals surface area contributed by atoms with Gasteiger partial charge in [0.05, 0.1) is 31.7 Å². The van der Waals surface area contributed by atoms with Gasteiger partial charge in [-0.05, 0) is 167 Å². The summed E-state index contributed by atoms with van der Waals surface area (Å²) in [5.41, 5.74) is 18.1. The van der Waals surface area contributed by atoms with Crippen LogP contribution < -0.4 is 60.6 Å². The van der Waals surface area contributed by atoms with Crippen LogP contribution in [-0.4, -0.2) is 142 Å². The molecule has 26 nitrogen and oxygen atoms in total. The summed E-state index contributed by atoms with van der Waals surface area (Å²) in [6, 6.07) is 51.5. The van der Waals surface area contributed by atoms with Crippen LogP contribution in [0.3, 0.4) is 0 Å². The molecule has 0 unspecified atom stereocenters. The first kappa shape index (κ1) is 115. The third-order valence-corrected chi connectivity index (χ3v) is 27.5. The van der Waals surface area contributed by atoms with Crippen LogP contribution in [0.15, 0.2) is 218 Å². The fourth-order valence-corrected chi connectivity index (χ4v) is 19.9. The number of benzene rings is 8. The topological polar surface area (TPSA) is 378 Å². The number of thiophene rings is 4. The van der Waals surface area contributed by atoms with E-state index in [1.807, 2.05) is 0 Å². The normalized spacial score (nSPS) is 13.8. The molecule has 0 spiro atoms. The minimum atomic E-state index is -5.31. The highest BCUT2D eigenvalue weighted by molar-refractivity contribution is 7.13. The molecule has 150 heavy (non-hydrogen) atoms. The van der Waals surface area contributed by atoms with Crippen molar-refractivity contribution < 1.29 is 166 Å². The monoisotopic (exact) mass is 2180 g/mol. The molecular formula is C102H90F18N8O18S4. The highest BCUT2D eigenvalue weighted by Crippen LogP contribution is 2.49. The number of nitrogens with one attached hydrogen (secondary N) is 2. The molecule has 6 amide bonds. The van der Waals surface area contributed by atoms with Crippen LogP contribution in [0.1, 0.15) is 102 Å². The number of carbonyl (C=O) groups excluding carboxylic acids is 6. The van der Waals surface area contributed by atoms with Crippen LogP contribution in [-0.2, 0) is 125 Å². The Balaban J connectivity index is 0.000000189. The van der Waals surface area contributed by atoms with Gasteiger partial charge >= 0.3 is 72.7 Å². The maximum Gasteiger partial charge on any atom is 0.471 e. The summed E-state index contributed by atoms with van der Waals surface area (Å²) in [5, 5.41) is 38.7. The third-order valence-electron chi connectivity index (χ3n) is 22.8. The Kier molecular flexibility index (Phi) is 37.4. The number of nitrogens with two attached hydrogens (primary N) is 2. The molecule has 0 saturated carbocycles. The van der Waals surface area contributed by atoms with E-state index in [9.17, 15) is 127 Å². The van der Waals surface area contributed by atoms with Gasteiger partial charge in [-0.3, -0.25) is 43.2 Å². The van der Waals surface area contributed by atoms with E-state index in [0.29, 0.717) is 165 Å². The standard InChI is InChI=1S/2C26H20F6N2O5S.2C24H21F3N2O4S.2CH4/c27-25(28,29)22-18(14-4-2-1-3-5-14)11-17(40-22)13-39-16-6-7-20-15(10-16)8-9-34(20)23(37)19(12-21(35)36)33-24(38)26(30,31)32;27-25(28,29)22-18(14-4-2-1-3-5-14)11-17(40-22)13-39-16-6-7-20-15(10-16)8-9-34(20)21(35)12-19(23(36)37)33-24(38)26(30,31)32;25-24(26,27)22-18(14-4-2-1-3-5-14)11-17(34-22)13-33-16-6-7-20-15(10-16)8-9-29(20)23(32)19(28)12-21(30)31;25-24(26,27)22-18(14-4-2-1-3-5-14)11-17(34-22)13-33-16-6-7-20-15(10-16)8-9-29(20)21(30)12-19(28)23(31)32;;/h1-7,10-11,19H,8-9,12-13H2,(H,33,38)(H,35,36);1-7,10-11,19H,8-9,12-13H2,(H,33,38)(H,36,37);1-7,10-11,19H,8-9,12-13,28H2,(H,30,31);1-7,10-11,19H,8-9,12-13,28H2,(H,31,32);2*1H4/t4*19-;;/m1111../s1. The second-order valence-electron chi connectivity index (χ2n) is 33.2. The zero-order valence-corrected chi connectivity index (χ0v) is 79.6. The predicted molar refractivity (Wildman–Crippen MR) is 521 cm³/mol. The molecule has 0 bridgehead atoms. The fraction of sp³-hybridized carbons (Fsp3) is 0.275. The van der Waals surface area contributed by atoms with Gasteiger partial charge in [0.15, 0.2) is 0 Å². The molecule has 0 radical (unpaired) electrons. The van der Waals surface area contributed by atoms with Crippen LogP contribution in [0, 0.1) is 0 Å². The van der Waals surface area contributed by atoms with Gasteiger partial charge in [-0.25, -0.2) is 4.79 Å². The van der Waals surface area contributed by atoms with Crippen molar-refractivity contribution in [2.24, 2.45) is 11.5 Å². The predicted octanol–water partition coefficient (Wildman–Crippen LogP) is 21.5. The SMILES string of the molecule is C.C.N[C@H](CC(=O)N1CCc2cc(OCc3cc(-c4ccccc4)c(C(F)(F)F)s3)ccc21)C(=O)O.N[C@H](CC(=O)O)C(=O)N1CCc2cc(OCc3cc(-c4ccccc4)c(C(F)(F)F)s3)ccc21.O=C(O)C[C@@H](NC(=O)C(F)(F)F)C(=O)N1CCc2cc(OCc3cc(-c4ccccc4)c(C(F)(F)F)s3)ccc21.O=C(O)[C@@H](CC(=O)N1CCc2cc(OCc3cc(-c4ccccc4)c(C(F)(F)F)s3)ccc21)NC(=O)C(F)(F)F. The molecule has 16 rings (SSSR count). The number of aliphatic carboxylic acids is 4. The molecule has 4 aliphatic heterocycles. The molecule has 4 aromatic heterocycles. The van der Waals surface area contributed by atoms with Crippen LogP contribution in [0.2, 0.25) is 0 Å². The Bertz CT molecular complexity index is 6880. The van der Waals surface area contributed by atoms with E-state index in [1.54, 1.807) is 170 Å². The smallest absolute Gasteiger partial charge is 0.471 e. The summed E-state index contributed by atoms with van der Waals surface area (Å²) < 4.78 is 262. The summed E-state index contributed by atoms with van der Waals surface area (Å²) in [6.45, 7) is 0.483. The van der Waals surface area contributed by atoms with Gasteiger partial charge in [0.2, 0.25) is 23.6 Å². The van der Waals surface area contributed by atoms with Crippen molar-refractivity contribution in [2.45, 2.75) is 154 Å². The molecule has 4 aliphatic rings. The van der Waals surface area contributed by atoms with Gasteiger partial charge in [0, 0.05) is 90.7 Å². The molecular weight excluding hydrogens is 2100 g/mol. The van der Waals surface area contributed by atoms with Crippen LogP contribution in [0.5, 0.6) is 23.0 Å². The van der Waals surface area contributed by atoms with Crippen LogP contribution >= 0.6 is 45.3 Å². The van der Waals surface area contributed by atoms with Crippen molar-refractivity contribution in [1.82, 2.24) is 10.6 Å². The molecule has 10 N–H and O–H groups in total. The van der Waals surface area contributed by atoms with Crippen molar-refractivity contribution in [3.8, 4) is 67.5 Å². The van der Waals surface area contributed by atoms with Gasteiger partial charge in [0.25, 0.3) is 0 Å². The lowest BCUT2D eigenvalue weighted by Crippen LogP contribution is -2.52. The van der Waals surface area contributed by atoms with E-state index >= 15 is 0 Å². The molecule has 8 heterocycles. The van der Waals surface area contributed by atoms with E-state index in [-0.39, 0.29) is 107 Å². The van der Waals surface area contributed by atoms with Crippen molar-refractivity contribution in [3.63, 3.8) is 0 Å². The Hall–Kier alpha value is -14.9. The lowest BCUT2D eigenvalue weighted by Gasteiger charge is -2.24. The first-order chi connectivity index (χ1) is 69.7. The van der Waals surface area contributed by atoms with Crippen molar-refractivity contribution >= 4 is 127 Å². The number of amides is 6. The van der Waals surface area contributed by atoms with E-state index in [0.717, 1.165) is 16.0 Å². The number of halogens is 18. The molecule has 0 fully saturated rings. The molecule has 0 aliphatic carbocycles. The lowest BCUT2D eigenvalue weighted by atomic mass is 10.1. The average Bonchev–Trinajstić information content (AvgIpc) is 1.60. The Morgan fingerprint density at radius 2 is 0.573 bits per heavy atom. The summed E-state index contributed by atoms with van der Waals surface area (Å²) in [5.74, 6) is -11.8. The summed E-state index contributed by atoms with van der Waals surface area (Å²) >= 11 is 2.44. The molecule has 48 heteroatoms. The summed E-state index contributed by atoms with van der Waals surface area (Å²) in [4.78, 5) is 121. The van der Waals surface area contributed by atoms with Gasteiger partial charge in [-0.2, -0.15) is 79.0 Å². The summed E-state index contributed by atoms with van der Waals surface area (Å²) in [7, 11) is 0. The molecule has 12 aromatic rings. The zero-order chi connectivity index (χ0) is 107. The highest BCUT2D eigenvalue weighted by atomic mass is 32.1. The minimum Gasteiger partial charge on any atom is -0.488 e. The zero-order valence-electron chi connectivity index (χ0n) is 76.3. The second-order valence-corrected chi connectivity index (χ2v) is 37.8. The second kappa shape index (κ2) is 48.6. The van der Waals surface area contributed by atoms with Gasteiger partial charge in [-0.15, -0.1) is 45.3 Å². The maximum absolute atomic E-state index is 13.6. The number of hydrogen-bond acceptors (Lipinski definition) is 20. The van der Waals surface area contributed by atoms with Gasteiger partial charge < -0.3 is 81.1 Å². The number of ether oxygens (including phenoxy) is 4. The molecule has 796 valence electrons. The number of alkyl halides is 18. The first-order valence-electron chi connectivity index (χ1n) is 44.2. The van der Waals surface area contributed by atoms with Crippen molar-refractivity contribution in [2.75, 3.05) is 45.8 Å². The van der Waals surface area contributed by atoms with E-state index < -0.39 is 153 Å². The summed E-state index contributed by atoms with van der Waals surface area (Å²) in [6.07, 6.45) is -29.7. The molecule has 4 atom stereocenters. The van der Waals surface area contributed by atoms with Gasteiger partial charge in [0.1, 0.15) is 87.1 Å². The highest BCUT2D eigenvalue weighted by Gasteiger charge is 2.47. The Morgan fingerprint density at radius 1 is 0.313 bits per heavy atom. The number of carboxylic acids is 4. The first-order valence-corrected chi connectivity index (χ1v) is 47.4. The lowest BCUT2D eigenvalue weighted by molar-refractivity contribution is -0.175. The van der Waals surface area contributed by atoms with E-state index in [2.05, 4.69) is 0 Å². The maximum atomic E-state index is 13.6. The Labute approximate surface area is 858 Å². The molecule has 8 aromatic carbocycles. The quantitative estimate of drug-likeness (QED) is 0.0194. The van der Waals surface area contributed by atoms with Crippen molar-refractivity contribution in [1.29, 1.82) is 0 Å². The van der Waals surface area contributed by atoms with Crippen molar-refractivity contribution in [3.05, 3.63) is 280 Å². The Morgan fingerprint density at radius 3 is 0.833 bits per heavy atom. The fourth-order valence-electron chi connectivity index (χ4n) is 16.1. The number of carbonyl (C=O) groups is 10. The number of carboxylic acid groups (broad SMARTS) is 4. The average molecular weight is 2190 g/mol. The van der Waals surface area contributed by atoms with Gasteiger partial charge in [-0.1, -0.05) is 136 Å². The van der Waals surface area contributed by atoms with Crippen LogP contribution in [0.25, 0.3) is 44.5 Å². The number of fused-ring (bicyclic) bond motifs is 4. The van der Waals surface area contributed by atoms with Crippen LogP contribution in [0.4, 0.5) is 102 Å². The largest absolute Gasteiger partial charge is 0.488 e. The number of rotatable bonds is 30. The third kappa shape index (κ3) is 29.4. The van der Waals surface area contributed by atoms with E-state index in [1.165, 1.54) is 73.9 Å². The van der Waals surface area contributed by atoms with E-state index in [4.69, 9.17) is 50.8 Å². The molecule has 0 saturated heterocycles.